The zero-order valence-electron chi connectivity index (χ0n) is 11.0. The van der Waals surface area contributed by atoms with Crippen LogP contribution in [0.4, 0.5) is 5.69 Å². The Kier molecular flexibility index (Phi) is 4.01. The van der Waals surface area contributed by atoms with Gasteiger partial charge in [0.05, 0.1) is 27.7 Å². The van der Waals surface area contributed by atoms with E-state index in [1.165, 1.54) is 0 Å². The number of H-pyrrole nitrogens is 1. The smallest absolute Gasteiger partial charge is 0.138 e. The standard InChI is InChI=1S/C15H13Cl2N3O/c16-11-7-13-14(8-12(11)17)20-15(19-13)9-1-3-10(4-2-9)18-5-6-21/h1-4,7-8,18,21H,5-6H2,(H,19,20). The summed E-state index contributed by atoms with van der Waals surface area (Å²) in [5, 5.41) is 12.9. The van der Waals surface area contributed by atoms with Gasteiger partial charge in [-0.25, -0.2) is 4.98 Å². The lowest BCUT2D eigenvalue weighted by Crippen LogP contribution is -2.04. The van der Waals surface area contributed by atoms with E-state index in [-0.39, 0.29) is 6.61 Å². The third-order valence-electron chi connectivity index (χ3n) is 3.12. The maximum absolute atomic E-state index is 8.79. The number of aromatic amines is 1. The van der Waals surface area contributed by atoms with Crippen molar-refractivity contribution in [3.63, 3.8) is 0 Å². The van der Waals surface area contributed by atoms with E-state index in [1.54, 1.807) is 12.1 Å². The first-order chi connectivity index (χ1) is 10.2. The van der Waals surface area contributed by atoms with Gasteiger partial charge in [-0.1, -0.05) is 23.2 Å². The van der Waals surface area contributed by atoms with Crippen molar-refractivity contribution in [1.82, 2.24) is 9.97 Å². The number of hydrogen-bond acceptors (Lipinski definition) is 3. The minimum Gasteiger partial charge on any atom is -0.395 e. The summed E-state index contributed by atoms with van der Waals surface area (Å²) in [7, 11) is 0. The van der Waals surface area contributed by atoms with Crippen molar-refractivity contribution in [1.29, 1.82) is 0 Å². The van der Waals surface area contributed by atoms with Crippen LogP contribution in [0.3, 0.4) is 0 Å². The molecule has 0 unspecified atom stereocenters. The van der Waals surface area contributed by atoms with Gasteiger partial charge in [0.2, 0.25) is 0 Å². The fourth-order valence-corrected chi connectivity index (χ4v) is 2.41. The lowest BCUT2D eigenvalue weighted by atomic mass is 10.2. The Balaban J connectivity index is 1.92. The fraction of sp³-hybridized carbons (Fsp3) is 0.133. The Morgan fingerprint density at radius 3 is 2.52 bits per heavy atom. The summed E-state index contributed by atoms with van der Waals surface area (Å²) in [6, 6.07) is 11.3. The monoisotopic (exact) mass is 321 g/mol. The van der Waals surface area contributed by atoms with Gasteiger partial charge in [0.25, 0.3) is 0 Å². The average molecular weight is 322 g/mol. The molecule has 0 fully saturated rings. The second kappa shape index (κ2) is 5.93. The highest BCUT2D eigenvalue weighted by molar-refractivity contribution is 6.42. The Morgan fingerprint density at radius 1 is 1.10 bits per heavy atom. The van der Waals surface area contributed by atoms with Crippen LogP contribution < -0.4 is 5.32 Å². The highest BCUT2D eigenvalue weighted by atomic mass is 35.5. The Bertz CT molecular complexity index is 729. The predicted octanol–water partition coefficient (Wildman–Crippen LogP) is 3.94. The predicted molar refractivity (Wildman–Crippen MR) is 87.1 cm³/mol. The van der Waals surface area contributed by atoms with Gasteiger partial charge in [-0.15, -0.1) is 0 Å². The van der Waals surface area contributed by atoms with Crippen molar-refractivity contribution >= 4 is 39.9 Å². The zero-order valence-corrected chi connectivity index (χ0v) is 12.5. The van der Waals surface area contributed by atoms with Crippen LogP contribution in [0.15, 0.2) is 36.4 Å². The SMILES string of the molecule is OCCNc1ccc(-c2nc3cc(Cl)c(Cl)cc3[nH]2)cc1. The van der Waals surface area contributed by atoms with E-state index in [1.807, 2.05) is 24.3 Å². The molecular weight excluding hydrogens is 309 g/mol. The molecule has 1 heterocycles. The minimum absolute atomic E-state index is 0.104. The molecule has 0 bridgehead atoms. The largest absolute Gasteiger partial charge is 0.395 e. The summed E-state index contributed by atoms with van der Waals surface area (Å²) in [6.07, 6.45) is 0. The van der Waals surface area contributed by atoms with E-state index in [9.17, 15) is 0 Å². The molecule has 1 aromatic heterocycles. The molecule has 0 radical (unpaired) electrons. The molecule has 0 aliphatic rings. The van der Waals surface area contributed by atoms with Gasteiger partial charge in [0.1, 0.15) is 5.82 Å². The molecule has 21 heavy (non-hydrogen) atoms. The van der Waals surface area contributed by atoms with Crippen molar-refractivity contribution in [2.24, 2.45) is 0 Å². The third kappa shape index (κ3) is 2.97. The number of halogens is 2. The van der Waals surface area contributed by atoms with E-state index >= 15 is 0 Å². The summed E-state index contributed by atoms with van der Waals surface area (Å²) >= 11 is 12.0. The number of rotatable bonds is 4. The number of aromatic nitrogens is 2. The number of fused-ring (bicyclic) bond motifs is 1. The van der Waals surface area contributed by atoms with Crippen molar-refractivity contribution in [3.8, 4) is 11.4 Å². The van der Waals surface area contributed by atoms with Gasteiger partial charge in [0.15, 0.2) is 0 Å². The van der Waals surface area contributed by atoms with E-state index in [4.69, 9.17) is 28.3 Å². The highest BCUT2D eigenvalue weighted by Gasteiger charge is 2.08. The van der Waals surface area contributed by atoms with Crippen LogP contribution in [-0.2, 0) is 0 Å². The number of anilines is 1. The van der Waals surface area contributed by atoms with Gasteiger partial charge >= 0.3 is 0 Å². The fourth-order valence-electron chi connectivity index (χ4n) is 2.09. The number of nitrogens with one attached hydrogen (secondary N) is 2. The number of hydrogen-bond donors (Lipinski definition) is 3. The summed E-state index contributed by atoms with van der Waals surface area (Å²) in [4.78, 5) is 7.75. The van der Waals surface area contributed by atoms with Crippen LogP contribution in [0.1, 0.15) is 0 Å². The second-order valence-electron chi connectivity index (χ2n) is 4.60. The van der Waals surface area contributed by atoms with Crippen molar-refractivity contribution in [2.45, 2.75) is 0 Å². The van der Waals surface area contributed by atoms with Crippen LogP contribution in [-0.4, -0.2) is 28.2 Å². The van der Waals surface area contributed by atoms with Gasteiger partial charge in [0, 0.05) is 17.8 Å². The van der Waals surface area contributed by atoms with Crippen LogP contribution in [0.2, 0.25) is 10.0 Å². The summed E-state index contributed by atoms with van der Waals surface area (Å²) in [5.74, 6) is 0.761. The number of aliphatic hydroxyl groups is 1. The van der Waals surface area contributed by atoms with Crippen LogP contribution in [0.25, 0.3) is 22.4 Å². The summed E-state index contributed by atoms with van der Waals surface area (Å²) < 4.78 is 0. The number of benzene rings is 2. The lowest BCUT2D eigenvalue weighted by molar-refractivity contribution is 0.311. The number of aliphatic hydroxyl groups excluding tert-OH is 1. The van der Waals surface area contributed by atoms with E-state index in [0.717, 1.165) is 28.1 Å². The molecule has 0 saturated heterocycles. The molecular formula is C15H13Cl2N3O. The molecule has 0 saturated carbocycles. The first kappa shape index (κ1) is 14.2. The minimum atomic E-state index is 0.104. The first-order valence-electron chi connectivity index (χ1n) is 6.47. The molecule has 0 spiro atoms. The van der Waals surface area contributed by atoms with Crippen LogP contribution >= 0.6 is 23.2 Å². The maximum Gasteiger partial charge on any atom is 0.138 e. The van der Waals surface area contributed by atoms with Gasteiger partial charge in [-0.3, -0.25) is 0 Å². The lowest BCUT2D eigenvalue weighted by Gasteiger charge is -2.04. The Hall–Kier alpha value is -1.75. The Morgan fingerprint density at radius 2 is 1.81 bits per heavy atom. The molecule has 0 aliphatic carbocycles. The molecule has 2 aromatic carbocycles. The molecule has 3 rings (SSSR count). The molecule has 6 heteroatoms. The van der Waals surface area contributed by atoms with E-state index in [0.29, 0.717) is 16.6 Å². The molecule has 4 nitrogen and oxygen atoms in total. The summed E-state index contributed by atoms with van der Waals surface area (Å²) in [6.45, 7) is 0.633. The van der Waals surface area contributed by atoms with Gasteiger partial charge in [-0.05, 0) is 36.4 Å². The van der Waals surface area contributed by atoms with Crippen molar-refractivity contribution < 1.29 is 5.11 Å². The second-order valence-corrected chi connectivity index (χ2v) is 5.41. The van der Waals surface area contributed by atoms with E-state index < -0.39 is 0 Å². The van der Waals surface area contributed by atoms with Crippen LogP contribution in [0, 0.1) is 0 Å². The van der Waals surface area contributed by atoms with Crippen molar-refractivity contribution in [2.75, 3.05) is 18.5 Å². The average Bonchev–Trinajstić information content (AvgIpc) is 2.89. The zero-order chi connectivity index (χ0) is 14.8. The maximum atomic E-state index is 8.79. The molecule has 0 atom stereocenters. The molecule has 3 N–H and O–H groups in total. The van der Waals surface area contributed by atoms with Gasteiger partial charge in [-0.2, -0.15) is 0 Å². The molecule has 108 valence electrons. The Labute approximate surface area is 131 Å². The molecule has 0 amide bonds. The van der Waals surface area contributed by atoms with Gasteiger partial charge < -0.3 is 15.4 Å². The third-order valence-corrected chi connectivity index (χ3v) is 3.85. The molecule has 0 aliphatic heterocycles. The van der Waals surface area contributed by atoms with Crippen molar-refractivity contribution in [3.05, 3.63) is 46.4 Å². The quantitative estimate of drug-likeness (QED) is 0.682. The van der Waals surface area contributed by atoms with E-state index in [2.05, 4.69) is 15.3 Å². The van der Waals surface area contributed by atoms with Crippen LogP contribution in [0.5, 0.6) is 0 Å². The highest BCUT2D eigenvalue weighted by Crippen LogP contribution is 2.29. The first-order valence-corrected chi connectivity index (χ1v) is 7.23. The number of nitrogens with zero attached hydrogens (tertiary/aromatic N) is 1. The topological polar surface area (TPSA) is 60.9 Å². The normalized spacial score (nSPS) is 11.0. The number of imidazole rings is 1. The molecule has 3 aromatic rings. The summed E-state index contributed by atoms with van der Waals surface area (Å²) in [5.41, 5.74) is 3.55.